The fraction of sp³-hybridized carbons (Fsp3) is 0.214. The number of hydrogen-bond donors (Lipinski definition) is 1. The number of anilines is 1. The van der Waals surface area contributed by atoms with Crippen molar-refractivity contribution >= 4 is 11.6 Å². The molecule has 0 atom stereocenters. The minimum atomic E-state index is -0.0567. The van der Waals surface area contributed by atoms with Crippen molar-refractivity contribution in [3.8, 4) is 5.75 Å². The molecule has 0 radical (unpaired) electrons. The molecule has 1 aromatic carbocycles. The van der Waals surface area contributed by atoms with Gasteiger partial charge < -0.3 is 14.6 Å². The maximum atomic E-state index is 12.3. The number of carbonyl (C=O) groups excluding carboxylic acids is 1. The van der Waals surface area contributed by atoms with Crippen LogP contribution in [0.2, 0.25) is 0 Å². The van der Waals surface area contributed by atoms with E-state index in [1.165, 1.54) is 0 Å². The van der Waals surface area contributed by atoms with E-state index < -0.39 is 0 Å². The highest BCUT2D eigenvalue weighted by molar-refractivity contribution is 6.06. The van der Waals surface area contributed by atoms with Gasteiger partial charge >= 0.3 is 0 Å². The van der Waals surface area contributed by atoms with Gasteiger partial charge in [-0.15, -0.1) is 0 Å². The highest BCUT2D eigenvalue weighted by Gasteiger charge is 2.17. The molecule has 1 aromatic heterocycles. The van der Waals surface area contributed by atoms with Gasteiger partial charge in [-0.1, -0.05) is 0 Å². The molecule has 1 heterocycles. The van der Waals surface area contributed by atoms with Gasteiger partial charge in [-0.25, -0.2) is 0 Å². The predicted molar refractivity (Wildman–Crippen MR) is 71.0 cm³/mol. The summed E-state index contributed by atoms with van der Waals surface area (Å²) >= 11 is 0. The number of phenolic OH excluding ortho intramolecular Hbond substituents is 1. The molecule has 18 heavy (non-hydrogen) atoms. The van der Waals surface area contributed by atoms with E-state index in [0.29, 0.717) is 5.56 Å². The summed E-state index contributed by atoms with van der Waals surface area (Å²) in [6, 6.07) is 8.37. The number of nitrogens with zero attached hydrogens (tertiary/aromatic N) is 2. The molecule has 2 aromatic rings. The Hall–Kier alpha value is -2.23. The largest absolute Gasteiger partial charge is 0.508 e. The van der Waals surface area contributed by atoms with Crippen LogP contribution >= 0.6 is 0 Å². The average molecular weight is 244 g/mol. The van der Waals surface area contributed by atoms with Crippen LogP contribution in [0, 0.1) is 6.92 Å². The summed E-state index contributed by atoms with van der Waals surface area (Å²) in [5.41, 5.74) is 2.37. The van der Waals surface area contributed by atoms with E-state index in [9.17, 15) is 9.90 Å². The van der Waals surface area contributed by atoms with E-state index in [2.05, 4.69) is 0 Å². The Morgan fingerprint density at radius 3 is 2.33 bits per heavy atom. The topological polar surface area (TPSA) is 45.5 Å². The molecule has 4 heteroatoms. The molecule has 0 saturated carbocycles. The zero-order valence-electron chi connectivity index (χ0n) is 10.7. The van der Waals surface area contributed by atoms with Gasteiger partial charge in [0.2, 0.25) is 0 Å². The zero-order valence-corrected chi connectivity index (χ0v) is 10.7. The first-order valence-corrected chi connectivity index (χ1v) is 5.69. The number of aryl methyl sites for hydroxylation is 1. The molecule has 0 spiro atoms. The smallest absolute Gasteiger partial charge is 0.259 e. The monoisotopic (exact) mass is 244 g/mol. The average Bonchev–Trinajstić information content (AvgIpc) is 2.69. The molecule has 0 saturated heterocycles. The Balaban J connectivity index is 2.29. The van der Waals surface area contributed by atoms with Crippen molar-refractivity contribution in [1.82, 2.24) is 4.57 Å². The number of carbonyl (C=O) groups is 1. The minimum Gasteiger partial charge on any atom is -0.508 e. The van der Waals surface area contributed by atoms with Crippen molar-refractivity contribution < 1.29 is 9.90 Å². The van der Waals surface area contributed by atoms with Crippen LogP contribution in [-0.4, -0.2) is 22.6 Å². The summed E-state index contributed by atoms with van der Waals surface area (Å²) in [5.74, 6) is 0.134. The molecular weight excluding hydrogens is 228 g/mol. The maximum absolute atomic E-state index is 12.3. The van der Waals surface area contributed by atoms with E-state index in [4.69, 9.17) is 0 Å². The van der Waals surface area contributed by atoms with Gasteiger partial charge in [0.15, 0.2) is 0 Å². The maximum Gasteiger partial charge on any atom is 0.259 e. The van der Waals surface area contributed by atoms with Crippen molar-refractivity contribution in [2.24, 2.45) is 7.05 Å². The summed E-state index contributed by atoms with van der Waals surface area (Å²) < 4.78 is 1.91. The number of rotatable bonds is 2. The molecule has 0 bridgehead atoms. The highest BCUT2D eigenvalue weighted by atomic mass is 16.3. The lowest BCUT2D eigenvalue weighted by Gasteiger charge is -2.17. The van der Waals surface area contributed by atoms with Crippen molar-refractivity contribution in [2.45, 2.75) is 6.92 Å². The molecule has 0 fully saturated rings. The number of hydrogen-bond acceptors (Lipinski definition) is 2. The number of aromatic nitrogens is 1. The van der Waals surface area contributed by atoms with E-state index in [-0.39, 0.29) is 11.7 Å². The third kappa shape index (κ3) is 2.09. The number of amides is 1. The fourth-order valence-corrected chi connectivity index (χ4v) is 1.81. The predicted octanol–water partition coefficient (Wildman–Crippen LogP) is 2.32. The van der Waals surface area contributed by atoms with Gasteiger partial charge in [0, 0.05) is 31.7 Å². The Morgan fingerprint density at radius 1 is 1.22 bits per heavy atom. The SMILES string of the molecule is Cc1c(C(=O)N(C)c2ccc(O)cc2)ccn1C. The Morgan fingerprint density at radius 2 is 1.83 bits per heavy atom. The third-order valence-electron chi connectivity index (χ3n) is 3.16. The molecule has 0 aliphatic rings. The lowest BCUT2D eigenvalue weighted by Crippen LogP contribution is -2.26. The molecule has 4 nitrogen and oxygen atoms in total. The van der Waals surface area contributed by atoms with Crippen LogP contribution in [0.5, 0.6) is 5.75 Å². The molecule has 1 N–H and O–H groups in total. The standard InChI is InChI=1S/C14H16N2O2/c1-10-13(8-9-15(10)2)14(18)16(3)11-4-6-12(17)7-5-11/h4-9,17H,1-3H3. The van der Waals surface area contributed by atoms with Crippen LogP contribution in [0.3, 0.4) is 0 Å². The van der Waals surface area contributed by atoms with Gasteiger partial charge in [-0.05, 0) is 37.3 Å². The summed E-state index contributed by atoms with van der Waals surface area (Å²) in [6.45, 7) is 1.91. The zero-order chi connectivity index (χ0) is 13.3. The van der Waals surface area contributed by atoms with E-state index in [1.807, 2.05) is 30.8 Å². The Bertz CT molecular complexity index is 570. The molecular formula is C14H16N2O2. The summed E-state index contributed by atoms with van der Waals surface area (Å²) in [6.07, 6.45) is 1.87. The number of benzene rings is 1. The lowest BCUT2D eigenvalue weighted by molar-refractivity contribution is 0.0992. The van der Waals surface area contributed by atoms with Crippen molar-refractivity contribution in [2.75, 3.05) is 11.9 Å². The third-order valence-corrected chi connectivity index (χ3v) is 3.16. The van der Waals surface area contributed by atoms with E-state index >= 15 is 0 Å². The van der Waals surface area contributed by atoms with E-state index in [0.717, 1.165) is 11.4 Å². The van der Waals surface area contributed by atoms with Crippen LogP contribution in [0.15, 0.2) is 36.5 Å². The second kappa shape index (κ2) is 4.56. The van der Waals surface area contributed by atoms with Gasteiger partial charge in [-0.3, -0.25) is 4.79 Å². The molecule has 0 aliphatic carbocycles. The van der Waals surface area contributed by atoms with Crippen molar-refractivity contribution in [1.29, 1.82) is 0 Å². The first-order chi connectivity index (χ1) is 8.50. The molecule has 0 unspecified atom stereocenters. The van der Waals surface area contributed by atoms with Gasteiger partial charge in [0.05, 0.1) is 5.56 Å². The molecule has 0 aliphatic heterocycles. The van der Waals surface area contributed by atoms with Gasteiger partial charge in [-0.2, -0.15) is 0 Å². The second-order valence-electron chi connectivity index (χ2n) is 4.31. The summed E-state index contributed by atoms with van der Waals surface area (Å²) in [5, 5.41) is 9.23. The Labute approximate surface area is 106 Å². The van der Waals surface area contributed by atoms with Crippen LogP contribution < -0.4 is 4.90 Å². The van der Waals surface area contributed by atoms with Crippen molar-refractivity contribution in [3.05, 3.63) is 47.8 Å². The normalized spacial score (nSPS) is 10.4. The fourth-order valence-electron chi connectivity index (χ4n) is 1.81. The minimum absolute atomic E-state index is 0.0567. The van der Waals surface area contributed by atoms with Crippen molar-refractivity contribution in [3.63, 3.8) is 0 Å². The molecule has 2 rings (SSSR count). The first-order valence-electron chi connectivity index (χ1n) is 5.69. The second-order valence-corrected chi connectivity index (χ2v) is 4.31. The number of aromatic hydroxyl groups is 1. The summed E-state index contributed by atoms with van der Waals surface area (Å²) in [7, 11) is 3.63. The van der Waals surface area contributed by atoms with Crippen LogP contribution in [-0.2, 0) is 7.05 Å². The quantitative estimate of drug-likeness (QED) is 0.881. The van der Waals surface area contributed by atoms with E-state index in [1.54, 1.807) is 36.2 Å². The Kier molecular flexibility index (Phi) is 3.10. The van der Waals surface area contributed by atoms with Gasteiger partial charge in [0.25, 0.3) is 5.91 Å². The summed E-state index contributed by atoms with van der Waals surface area (Å²) in [4.78, 5) is 13.9. The van der Waals surface area contributed by atoms with Crippen LogP contribution in [0.4, 0.5) is 5.69 Å². The van der Waals surface area contributed by atoms with Gasteiger partial charge in [0.1, 0.15) is 5.75 Å². The lowest BCUT2D eigenvalue weighted by atomic mass is 10.2. The highest BCUT2D eigenvalue weighted by Crippen LogP contribution is 2.20. The molecule has 1 amide bonds. The van der Waals surface area contributed by atoms with Crippen LogP contribution in [0.25, 0.3) is 0 Å². The number of phenols is 1. The molecule has 94 valence electrons. The first kappa shape index (κ1) is 12.2. The van der Waals surface area contributed by atoms with Crippen LogP contribution in [0.1, 0.15) is 16.1 Å².